The summed E-state index contributed by atoms with van der Waals surface area (Å²) in [5.74, 6) is 1.33. The molecule has 0 aromatic carbocycles. The predicted molar refractivity (Wildman–Crippen MR) is 126 cm³/mol. The number of hydrogen-bond acceptors (Lipinski definition) is 8. The van der Waals surface area contributed by atoms with Gasteiger partial charge in [-0.15, -0.1) is 0 Å². The molecular formula is C23H45N7O2. The summed E-state index contributed by atoms with van der Waals surface area (Å²) in [7, 11) is 3.83. The van der Waals surface area contributed by atoms with E-state index in [0.29, 0.717) is 36.1 Å². The highest BCUT2D eigenvalue weighted by atomic mass is 16.5. The second kappa shape index (κ2) is 11.1. The molecule has 3 saturated heterocycles. The number of hydrazine groups is 1. The van der Waals surface area contributed by atoms with Crippen LogP contribution in [0.3, 0.4) is 0 Å². The Morgan fingerprint density at radius 2 is 1.94 bits per heavy atom. The van der Waals surface area contributed by atoms with Gasteiger partial charge in [-0.2, -0.15) is 0 Å². The lowest BCUT2D eigenvalue weighted by Gasteiger charge is -2.43. The molecule has 3 aliphatic heterocycles. The van der Waals surface area contributed by atoms with Gasteiger partial charge in [-0.25, -0.2) is 10.4 Å². The van der Waals surface area contributed by atoms with E-state index in [2.05, 4.69) is 45.9 Å². The zero-order valence-corrected chi connectivity index (χ0v) is 20.3. The summed E-state index contributed by atoms with van der Waals surface area (Å²) in [6.07, 6.45) is 6.72. The maximum atomic E-state index is 12.8. The van der Waals surface area contributed by atoms with E-state index in [1.54, 1.807) is 0 Å². The smallest absolute Gasteiger partial charge is 0.238 e. The van der Waals surface area contributed by atoms with Crippen LogP contribution in [0.25, 0.3) is 0 Å². The van der Waals surface area contributed by atoms with Gasteiger partial charge < -0.3 is 15.4 Å². The number of amides is 1. The highest BCUT2D eigenvalue weighted by Gasteiger charge is 2.36. The Labute approximate surface area is 193 Å². The average molecular weight is 452 g/mol. The van der Waals surface area contributed by atoms with Crippen LogP contribution in [0.2, 0.25) is 0 Å². The molecule has 1 aliphatic carbocycles. The quantitative estimate of drug-likeness (QED) is 0.328. The van der Waals surface area contributed by atoms with Gasteiger partial charge in [-0.1, -0.05) is 6.92 Å². The molecule has 6 N–H and O–H groups in total. The lowest BCUT2D eigenvalue weighted by Crippen LogP contribution is -2.66. The molecule has 184 valence electrons. The number of carbonyl (C=O) groups is 1. The van der Waals surface area contributed by atoms with Crippen LogP contribution in [0.4, 0.5) is 0 Å². The molecule has 32 heavy (non-hydrogen) atoms. The van der Waals surface area contributed by atoms with E-state index in [1.807, 2.05) is 19.2 Å². The molecule has 0 aromatic heterocycles. The molecular weight excluding hydrogens is 406 g/mol. The summed E-state index contributed by atoms with van der Waals surface area (Å²) < 4.78 is 5.60. The molecule has 0 radical (unpaired) electrons. The fraction of sp³-hybridized carbons (Fsp3) is 0.957. The van der Waals surface area contributed by atoms with Crippen molar-refractivity contribution in [3.05, 3.63) is 0 Å². The standard InChI is InChI=1S/C23H45N7O2/c1-14-5-6-17(26-22(31)21-9-15(2)30(3)29-21)11-20(14)28-23-25-8-7-19(27-23)16-10-18(32-4)13-24-12-16/h14-21,23-25,27-29H,5-13H2,1-4H3,(H,26,31). The number of methoxy groups -OCH3 is 1. The monoisotopic (exact) mass is 451 g/mol. The summed E-state index contributed by atoms with van der Waals surface area (Å²) in [6, 6.07) is 1.39. The van der Waals surface area contributed by atoms with Crippen molar-refractivity contribution >= 4 is 5.91 Å². The Morgan fingerprint density at radius 1 is 1.09 bits per heavy atom. The van der Waals surface area contributed by atoms with Crippen molar-refractivity contribution < 1.29 is 9.53 Å². The van der Waals surface area contributed by atoms with Crippen LogP contribution in [0.1, 0.15) is 52.4 Å². The van der Waals surface area contributed by atoms with Crippen LogP contribution in [0, 0.1) is 11.8 Å². The second-order valence-corrected chi connectivity index (χ2v) is 10.6. The second-order valence-electron chi connectivity index (χ2n) is 10.6. The van der Waals surface area contributed by atoms with Crippen molar-refractivity contribution in [1.82, 2.24) is 37.0 Å². The molecule has 9 heteroatoms. The third kappa shape index (κ3) is 6.00. The summed E-state index contributed by atoms with van der Waals surface area (Å²) in [5.41, 5.74) is 3.29. The number of rotatable bonds is 6. The van der Waals surface area contributed by atoms with Gasteiger partial charge in [0.1, 0.15) is 12.3 Å². The zero-order chi connectivity index (χ0) is 22.7. The zero-order valence-electron chi connectivity index (χ0n) is 20.3. The topological polar surface area (TPSA) is 102 Å². The van der Waals surface area contributed by atoms with E-state index in [0.717, 1.165) is 58.2 Å². The number of nitrogens with one attached hydrogen (secondary N) is 6. The van der Waals surface area contributed by atoms with Gasteiger partial charge >= 0.3 is 0 Å². The van der Waals surface area contributed by atoms with Crippen molar-refractivity contribution in [2.24, 2.45) is 11.8 Å². The van der Waals surface area contributed by atoms with E-state index in [-0.39, 0.29) is 24.3 Å². The number of hydrogen-bond donors (Lipinski definition) is 6. The Balaban J connectivity index is 1.26. The number of piperidine rings is 1. The van der Waals surface area contributed by atoms with Crippen LogP contribution < -0.4 is 32.0 Å². The first-order chi connectivity index (χ1) is 15.4. The third-order valence-electron chi connectivity index (χ3n) is 8.27. The predicted octanol–water partition coefficient (Wildman–Crippen LogP) is -0.294. The molecule has 4 aliphatic rings. The number of carbonyl (C=O) groups excluding carboxylic acids is 1. The van der Waals surface area contributed by atoms with E-state index < -0.39 is 0 Å². The molecule has 0 bridgehead atoms. The van der Waals surface area contributed by atoms with Crippen LogP contribution in [0.15, 0.2) is 0 Å². The van der Waals surface area contributed by atoms with Crippen LogP contribution in [-0.4, -0.2) is 87.3 Å². The molecule has 3 heterocycles. The molecule has 9 nitrogen and oxygen atoms in total. The van der Waals surface area contributed by atoms with Gasteiger partial charge in [0.2, 0.25) is 5.91 Å². The Bertz CT molecular complexity index is 613. The maximum absolute atomic E-state index is 12.8. The van der Waals surface area contributed by atoms with Gasteiger partial charge in [-0.05, 0) is 70.4 Å². The van der Waals surface area contributed by atoms with E-state index in [1.165, 1.54) is 0 Å². The normalized spacial score (nSPS) is 43.8. The first kappa shape index (κ1) is 24.3. The van der Waals surface area contributed by atoms with Gasteiger partial charge in [0, 0.05) is 44.9 Å². The number of nitrogens with zero attached hydrogens (tertiary/aromatic N) is 1. The van der Waals surface area contributed by atoms with Gasteiger partial charge in [0.25, 0.3) is 0 Å². The van der Waals surface area contributed by atoms with Crippen molar-refractivity contribution in [2.45, 2.75) is 95.0 Å². The first-order valence-electron chi connectivity index (χ1n) is 12.7. The van der Waals surface area contributed by atoms with Gasteiger partial charge in [-0.3, -0.25) is 20.7 Å². The molecule has 4 fully saturated rings. The molecule has 9 atom stereocenters. The van der Waals surface area contributed by atoms with E-state index in [9.17, 15) is 4.79 Å². The first-order valence-corrected chi connectivity index (χ1v) is 12.7. The Kier molecular flexibility index (Phi) is 8.42. The molecule has 1 saturated carbocycles. The molecule has 4 rings (SSSR count). The minimum absolute atomic E-state index is 0.108. The average Bonchev–Trinajstić information content (AvgIpc) is 3.14. The molecule has 0 spiro atoms. The molecule has 9 unspecified atom stereocenters. The summed E-state index contributed by atoms with van der Waals surface area (Å²) in [4.78, 5) is 12.8. The van der Waals surface area contributed by atoms with E-state index >= 15 is 0 Å². The molecule has 0 aromatic rings. The van der Waals surface area contributed by atoms with Crippen molar-refractivity contribution in [2.75, 3.05) is 33.8 Å². The minimum atomic E-state index is -0.108. The molecule has 1 amide bonds. The lowest BCUT2D eigenvalue weighted by molar-refractivity contribution is -0.124. The minimum Gasteiger partial charge on any atom is -0.380 e. The number of ether oxygens (including phenoxy) is 1. The van der Waals surface area contributed by atoms with Crippen molar-refractivity contribution in [1.29, 1.82) is 0 Å². The van der Waals surface area contributed by atoms with Crippen LogP contribution in [-0.2, 0) is 9.53 Å². The summed E-state index contributed by atoms with van der Waals surface area (Å²) >= 11 is 0. The fourth-order valence-corrected chi connectivity index (χ4v) is 5.93. The van der Waals surface area contributed by atoms with Gasteiger partial charge in [0.15, 0.2) is 0 Å². The maximum Gasteiger partial charge on any atom is 0.238 e. The third-order valence-corrected chi connectivity index (χ3v) is 8.27. The summed E-state index contributed by atoms with van der Waals surface area (Å²) in [5, 5.41) is 20.2. The van der Waals surface area contributed by atoms with Crippen molar-refractivity contribution in [3.63, 3.8) is 0 Å². The van der Waals surface area contributed by atoms with Crippen molar-refractivity contribution in [3.8, 4) is 0 Å². The van der Waals surface area contributed by atoms with Crippen LogP contribution >= 0.6 is 0 Å². The van der Waals surface area contributed by atoms with E-state index in [4.69, 9.17) is 4.74 Å². The summed E-state index contributed by atoms with van der Waals surface area (Å²) in [6.45, 7) is 7.51. The van der Waals surface area contributed by atoms with Crippen LogP contribution in [0.5, 0.6) is 0 Å². The SMILES string of the molecule is COC1CNCC(C2CCNC(NC3CC(NC(=O)C4CC(C)N(C)N4)CCC3C)N2)C1. The van der Waals surface area contributed by atoms with Gasteiger partial charge in [0.05, 0.1) is 6.10 Å². The fourth-order valence-electron chi connectivity index (χ4n) is 5.93. The lowest BCUT2D eigenvalue weighted by atomic mass is 9.82. The largest absolute Gasteiger partial charge is 0.380 e. The Hall–Kier alpha value is -0.810. The Morgan fingerprint density at radius 3 is 2.69 bits per heavy atom. The highest BCUT2D eigenvalue weighted by molar-refractivity contribution is 5.82. The highest BCUT2D eigenvalue weighted by Crippen LogP contribution is 2.26.